The molecule has 0 N–H and O–H groups in total. The molecule has 0 aromatic heterocycles. The summed E-state index contributed by atoms with van der Waals surface area (Å²) in [4.78, 5) is 2.10. The maximum absolute atomic E-state index is 6.01. The molecule has 0 atom stereocenters. The van der Waals surface area contributed by atoms with Crippen LogP contribution in [-0.2, 0) is 0 Å². The van der Waals surface area contributed by atoms with Crippen LogP contribution in [0.5, 0.6) is 5.75 Å². The monoisotopic (exact) mass is 284 g/mol. The van der Waals surface area contributed by atoms with Crippen molar-refractivity contribution in [1.82, 2.24) is 0 Å². The number of halogens is 2. The Morgan fingerprint density at radius 3 is 2.41 bits per heavy atom. The third-order valence-electron chi connectivity index (χ3n) is 2.11. The summed E-state index contributed by atoms with van der Waals surface area (Å²) in [5.41, 5.74) is 0. The summed E-state index contributed by atoms with van der Waals surface area (Å²) in [6.45, 7) is 0. The van der Waals surface area contributed by atoms with Crippen LogP contribution < -0.4 is 4.74 Å². The standard InChI is InChI=1S/C13H10Cl2OS/c1-16-11-5-10(15)7-13(8-11)17-12-4-2-3-9(14)6-12/h2-8H,1H3. The second kappa shape index (κ2) is 5.67. The average molecular weight is 285 g/mol. The van der Waals surface area contributed by atoms with E-state index in [4.69, 9.17) is 27.9 Å². The highest BCUT2D eigenvalue weighted by atomic mass is 35.5. The predicted octanol–water partition coefficient (Wildman–Crippen LogP) is 5.15. The lowest BCUT2D eigenvalue weighted by Crippen LogP contribution is -1.83. The Bertz CT molecular complexity index is 529. The number of rotatable bonds is 3. The van der Waals surface area contributed by atoms with E-state index in [2.05, 4.69) is 0 Å². The van der Waals surface area contributed by atoms with Crippen LogP contribution in [0.3, 0.4) is 0 Å². The van der Waals surface area contributed by atoms with Crippen molar-refractivity contribution in [2.45, 2.75) is 9.79 Å². The van der Waals surface area contributed by atoms with Crippen molar-refractivity contribution in [3.63, 3.8) is 0 Å². The van der Waals surface area contributed by atoms with Gasteiger partial charge in [-0.15, -0.1) is 0 Å². The molecule has 0 fully saturated rings. The van der Waals surface area contributed by atoms with Crippen molar-refractivity contribution in [2.24, 2.45) is 0 Å². The van der Waals surface area contributed by atoms with Crippen molar-refractivity contribution in [3.05, 3.63) is 52.5 Å². The van der Waals surface area contributed by atoms with E-state index in [0.717, 1.165) is 20.6 Å². The zero-order valence-electron chi connectivity index (χ0n) is 9.11. The smallest absolute Gasteiger partial charge is 0.121 e. The van der Waals surface area contributed by atoms with Gasteiger partial charge >= 0.3 is 0 Å². The number of ether oxygens (including phenoxy) is 1. The van der Waals surface area contributed by atoms with Crippen LogP contribution in [0.25, 0.3) is 0 Å². The molecule has 0 aliphatic heterocycles. The molecule has 0 spiro atoms. The number of hydrogen-bond donors (Lipinski definition) is 0. The Hall–Kier alpha value is -0.830. The SMILES string of the molecule is COc1cc(Cl)cc(Sc2cccc(Cl)c2)c1. The lowest BCUT2D eigenvalue weighted by molar-refractivity contribution is 0.413. The van der Waals surface area contributed by atoms with Gasteiger partial charge in [-0.3, -0.25) is 0 Å². The van der Waals surface area contributed by atoms with Crippen molar-refractivity contribution in [3.8, 4) is 5.75 Å². The van der Waals surface area contributed by atoms with Crippen LogP contribution in [-0.4, -0.2) is 7.11 Å². The zero-order valence-corrected chi connectivity index (χ0v) is 11.4. The van der Waals surface area contributed by atoms with Crippen LogP contribution >= 0.6 is 35.0 Å². The van der Waals surface area contributed by atoms with Gasteiger partial charge < -0.3 is 4.74 Å². The molecule has 4 heteroatoms. The quantitative estimate of drug-likeness (QED) is 0.771. The molecular weight excluding hydrogens is 275 g/mol. The topological polar surface area (TPSA) is 9.23 Å². The van der Waals surface area contributed by atoms with E-state index in [9.17, 15) is 0 Å². The van der Waals surface area contributed by atoms with Crippen LogP contribution in [0.2, 0.25) is 10.0 Å². The Morgan fingerprint density at radius 2 is 1.71 bits per heavy atom. The second-order valence-corrected chi connectivity index (χ2v) is 5.41. The highest BCUT2D eigenvalue weighted by molar-refractivity contribution is 7.99. The molecule has 0 unspecified atom stereocenters. The Labute approximate surface area is 115 Å². The van der Waals surface area contributed by atoms with Gasteiger partial charge in [0.05, 0.1) is 7.11 Å². The average Bonchev–Trinajstić information content (AvgIpc) is 2.28. The van der Waals surface area contributed by atoms with Crippen LogP contribution in [0, 0.1) is 0 Å². The lowest BCUT2D eigenvalue weighted by atomic mass is 10.3. The Morgan fingerprint density at radius 1 is 0.941 bits per heavy atom. The molecule has 0 aliphatic rings. The van der Waals surface area contributed by atoms with Gasteiger partial charge in [0.1, 0.15) is 5.75 Å². The van der Waals surface area contributed by atoms with E-state index in [-0.39, 0.29) is 0 Å². The maximum Gasteiger partial charge on any atom is 0.121 e. The summed E-state index contributed by atoms with van der Waals surface area (Å²) in [6.07, 6.45) is 0. The summed E-state index contributed by atoms with van der Waals surface area (Å²) in [6, 6.07) is 13.3. The van der Waals surface area contributed by atoms with E-state index in [0.29, 0.717) is 5.02 Å². The van der Waals surface area contributed by atoms with Gasteiger partial charge in [0.25, 0.3) is 0 Å². The summed E-state index contributed by atoms with van der Waals surface area (Å²) < 4.78 is 5.17. The third-order valence-corrected chi connectivity index (χ3v) is 3.53. The Balaban J connectivity index is 2.26. The zero-order chi connectivity index (χ0) is 12.3. The van der Waals surface area contributed by atoms with Crippen molar-refractivity contribution in [2.75, 3.05) is 7.11 Å². The summed E-state index contributed by atoms with van der Waals surface area (Å²) >= 11 is 13.5. The van der Waals surface area contributed by atoms with Crippen molar-refractivity contribution >= 4 is 35.0 Å². The first-order valence-corrected chi connectivity index (χ1v) is 6.52. The molecule has 0 heterocycles. The fraction of sp³-hybridized carbons (Fsp3) is 0.0769. The molecule has 0 amide bonds. The van der Waals surface area contributed by atoms with E-state index in [1.54, 1.807) is 24.9 Å². The van der Waals surface area contributed by atoms with Gasteiger partial charge in [-0.1, -0.05) is 41.0 Å². The normalized spacial score (nSPS) is 10.3. The molecule has 17 heavy (non-hydrogen) atoms. The highest BCUT2D eigenvalue weighted by Crippen LogP contribution is 2.33. The van der Waals surface area contributed by atoms with E-state index < -0.39 is 0 Å². The molecule has 88 valence electrons. The van der Waals surface area contributed by atoms with E-state index in [1.165, 1.54) is 0 Å². The molecule has 0 aliphatic carbocycles. The van der Waals surface area contributed by atoms with Gasteiger partial charge in [-0.25, -0.2) is 0 Å². The summed E-state index contributed by atoms with van der Waals surface area (Å²) in [5.74, 6) is 0.752. The largest absolute Gasteiger partial charge is 0.497 e. The number of methoxy groups -OCH3 is 1. The van der Waals surface area contributed by atoms with Crippen LogP contribution in [0.4, 0.5) is 0 Å². The number of benzene rings is 2. The van der Waals surface area contributed by atoms with Gasteiger partial charge in [0.15, 0.2) is 0 Å². The number of hydrogen-bond acceptors (Lipinski definition) is 2. The first-order chi connectivity index (χ1) is 8.17. The minimum atomic E-state index is 0.661. The van der Waals surface area contributed by atoms with Crippen molar-refractivity contribution in [1.29, 1.82) is 0 Å². The fourth-order valence-corrected chi connectivity index (χ4v) is 2.89. The lowest BCUT2D eigenvalue weighted by Gasteiger charge is -2.06. The van der Waals surface area contributed by atoms with Gasteiger partial charge in [-0.05, 0) is 36.4 Å². The molecule has 2 aromatic carbocycles. The van der Waals surface area contributed by atoms with Gasteiger partial charge in [0.2, 0.25) is 0 Å². The molecular formula is C13H10Cl2OS. The van der Waals surface area contributed by atoms with Gasteiger partial charge in [0, 0.05) is 19.8 Å². The maximum atomic E-state index is 6.01. The molecule has 2 rings (SSSR count). The van der Waals surface area contributed by atoms with E-state index >= 15 is 0 Å². The first-order valence-electron chi connectivity index (χ1n) is 4.95. The fourth-order valence-electron chi connectivity index (χ4n) is 1.38. The molecule has 0 radical (unpaired) electrons. The summed E-state index contributed by atoms with van der Waals surface area (Å²) in [5, 5.41) is 1.39. The van der Waals surface area contributed by atoms with Crippen molar-refractivity contribution < 1.29 is 4.74 Å². The minimum absolute atomic E-state index is 0.661. The van der Waals surface area contributed by atoms with Crippen LogP contribution in [0.15, 0.2) is 52.3 Å². The second-order valence-electron chi connectivity index (χ2n) is 3.39. The van der Waals surface area contributed by atoms with Gasteiger partial charge in [-0.2, -0.15) is 0 Å². The molecule has 2 aromatic rings. The molecule has 0 saturated carbocycles. The predicted molar refractivity (Wildman–Crippen MR) is 73.6 cm³/mol. The highest BCUT2D eigenvalue weighted by Gasteiger charge is 2.02. The third kappa shape index (κ3) is 3.56. The van der Waals surface area contributed by atoms with E-state index in [1.807, 2.05) is 36.4 Å². The molecule has 0 saturated heterocycles. The summed E-state index contributed by atoms with van der Waals surface area (Å²) in [7, 11) is 1.62. The minimum Gasteiger partial charge on any atom is -0.497 e. The first kappa shape index (κ1) is 12.6. The molecule has 1 nitrogen and oxygen atoms in total. The Kier molecular flexibility index (Phi) is 4.21. The van der Waals surface area contributed by atoms with Crippen LogP contribution in [0.1, 0.15) is 0 Å². The molecule has 0 bridgehead atoms.